The van der Waals surface area contributed by atoms with Gasteiger partial charge in [0.15, 0.2) is 5.82 Å². The van der Waals surface area contributed by atoms with Crippen LogP contribution < -0.4 is 5.56 Å². The molecule has 3 aromatic rings. The minimum Gasteiger partial charge on any atom is -0.337 e. The Hall–Kier alpha value is -2.91. The van der Waals surface area contributed by atoms with Gasteiger partial charge < -0.3 is 9.09 Å². The zero-order valence-electron chi connectivity index (χ0n) is 14.3. The highest BCUT2D eigenvalue weighted by atomic mass is 35.5. The molecular formula is C19H17ClN4O2. The van der Waals surface area contributed by atoms with Gasteiger partial charge >= 0.3 is 0 Å². The van der Waals surface area contributed by atoms with Crippen LogP contribution in [0.1, 0.15) is 28.4 Å². The van der Waals surface area contributed by atoms with Crippen molar-refractivity contribution < 1.29 is 4.52 Å². The van der Waals surface area contributed by atoms with Crippen molar-refractivity contribution in [3.8, 4) is 6.07 Å². The van der Waals surface area contributed by atoms with Gasteiger partial charge in [0.05, 0.1) is 12.5 Å². The number of aromatic nitrogens is 3. The molecule has 2 aromatic heterocycles. The molecule has 0 aliphatic rings. The number of rotatable bonds is 6. The monoisotopic (exact) mass is 368 g/mol. The van der Waals surface area contributed by atoms with Crippen molar-refractivity contribution in [2.75, 3.05) is 0 Å². The predicted molar refractivity (Wildman–Crippen MR) is 97.0 cm³/mol. The molecule has 0 aliphatic heterocycles. The predicted octanol–water partition coefficient (Wildman–Crippen LogP) is 3.09. The summed E-state index contributed by atoms with van der Waals surface area (Å²) in [5.74, 6) is 0.958. The second-order valence-corrected chi connectivity index (χ2v) is 6.47. The molecular weight excluding hydrogens is 352 g/mol. The van der Waals surface area contributed by atoms with Crippen LogP contribution in [0.15, 0.2) is 45.8 Å². The van der Waals surface area contributed by atoms with Crippen molar-refractivity contribution in [3.63, 3.8) is 0 Å². The van der Waals surface area contributed by atoms with Crippen molar-refractivity contribution in [2.24, 2.45) is 0 Å². The lowest BCUT2D eigenvalue weighted by atomic mass is 10.1. The minimum atomic E-state index is -0.132. The summed E-state index contributed by atoms with van der Waals surface area (Å²) in [5.41, 5.74) is 2.37. The molecule has 0 N–H and O–H groups in total. The summed E-state index contributed by atoms with van der Waals surface area (Å²) < 4.78 is 6.76. The Bertz CT molecular complexity index is 1000. The van der Waals surface area contributed by atoms with Crippen LogP contribution in [-0.4, -0.2) is 14.7 Å². The number of halogens is 1. The van der Waals surface area contributed by atoms with Gasteiger partial charge in [0.25, 0.3) is 5.56 Å². The Balaban J connectivity index is 1.69. The molecule has 26 heavy (non-hydrogen) atoms. The van der Waals surface area contributed by atoms with E-state index in [-0.39, 0.29) is 18.5 Å². The Morgan fingerprint density at radius 3 is 2.73 bits per heavy atom. The number of nitrogens with zero attached hydrogens (tertiary/aromatic N) is 4. The van der Waals surface area contributed by atoms with E-state index >= 15 is 0 Å². The summed E-state index contributed by atoms with van der Waals surface area (Å²) >= 11 is 5.88. The Morgan fingerprint density at radius 1 is 1.23 bits per heavy atom. The van der Waals surface area contributed by atoms with Crippen LogP contribution in [0.4, 0.5) is 0 Å². The first-order valence-corrected chi connectivity index (χ1v) is 8.56. The lowest BCUT2D eigenvalue weighted by molar-refractivity contribution is 0.364. The standard InChI is InChI=1S/C19H17ClN4O2/c1-13-10-15(8-9-21)11-24(19(13)25)12-18-22-17(23-26-18)7-4-14-2-5-16(20)6-3-14/h2-3,5-6,10-11H,4,7-8,12H2,1H3. The van der Waals surface area contributed by atoms with Gasteiger partial charge in [-0.05, 0) is 42.7 Å². The first-order chi connectivity index (χ1) is 12.5. The van der Waals surface area contributed by atoms with Crippen molar-refractivity contribution in [2.45, 2.75) is 32.7 Å². The summed E-state index contributed by atoms with van der Waals surface area (Å²) in [7, 11) is 0. The molecule has 0 saturated carbocycles. The lowest BCUT2D eigenvalue weighted by Crippen LogP contribution is -2.23. The average Bonchev–Trinajstić information content (AvgIpc) is 3.06. The van der Waals surface area contributed by atoms with E-state index in [1.54, 1.807) is 19.2 Å². The second-order valence-electron chi connectivity index (χ2n) is 6.03. The molecule has 7 heteroatoms. The van der Waals surface area contributed by atoms with Crippen molar-refractivity contribution >= 4 is 11.6 Å². The van der Waals surface area contributed by atoms with Crippen molar-refractivity contribution in [1.29, 1.82) is 5.26 Å². The maximum absolute atomic E-state index is 12.3. The molecule has 0 spiro atoms. The normalized spacial score (nSPS) is 10.7. The van der Waals surface area contributed by atoms with Crippen molar-refractivity contribution in [3.05, 3.63) is 80.3 Å². The summed E-state index contributed by atoms with van der Waals surface area (Å²) in [5, 5.41) is 13.5. The summed E-state index contributed by atoms with van der Waals surface area (Å²) in [6.07, 6.45) is 3.31. The highest BCUT2D eigenvalue weighted by Gasteiger charge is 2.10. The van der Waals surface area contributed by atoms with E-state index < -0.39 is 0 Å². The van der Waals surface area contributed by atoms with E-state index in [2.05, 4.69) is 16.2 Å². The number of nitriles is 1. The fourth-order valence-electron chi connectivity index (χ4n) is 2.68. The van der Waals surface area contributed by atoms with E-state index in [9.17, 15) is 4.79 Å². The fourth-order valence-corrected chi connectivity index (χ4v) is 2.80. The number of pyridine rings is 1. The van der Waals surface area contributed by atoms with Gasteiger partial charge in [-0.1, -0.05) is 28.9 Å². The van der Waals surface area contributed by atoms with Gasteiger partial charge in [-0.2, -0.15) is 10.2 Å². The quantitative estimate of drug-likeness (QED) is 0.667. The smallest absolute Gasteiger partial charge is 0.253 e. The Kier molecular flexibility index (Phi) is 5.49. The summed E-state index contributed by atoms with van der Waals surface area (Å²) in [6, 6.07) is 11.4. The zero-order chi connectivity index (χ0) is 18.5. The topological polar surface area (TPSA) is 84.7 Å². The number of aryl methyl sites for hydroxylation is 3. The molecule has 6 nitrogen and oxygen atoms in total. The van der Waals surface area contributed by atoms with Gasteiger partial charge in [-0.25, -0.2) is 0 Å². The van der Waals surface area contributed by atoms with Gasteiger partial charge in [0, 0.05) is 23.2 Å². The van der Waals surface area contributed by atoms with Gasteiger partial charge in [0.2, 0.25) is 5.89 Å². The molecule has 132 valence electrons. The third-order valence-corrected chi connectivity index (χ3v) is 4.22. The summed E-state index contributed by atoms with van der Waals surface area (Å²) in [4.78, 5) is 16.6. The Morgan fingerprint density at radius 2 is 2.00 bits per heavy atom. The van der Waals surface area contributed by atoms with Gasteiger partial charge in [0.1, 0.15) is 6.54 Å². The molecule has 0 aliphatic carbocycles. The van der Waals surface area contributed by atoms with Crippen LogP contribution in [-0.2, 0) is 25.8 Å². The molecule has 0 atom stereocenters. The number of hydrogen-bond acceptors (Lipinski definition) is 5. The fraction of sp³-hybridized carbons (Fsp3) is 0.263. The second kappa shape index (κ2) is 7.98. The van der Waals surface area contributed by atoms with Crippen LogP contribution in [0.2, 0.25) is 5.02 Å². The minimum absolute atomic E-state index is 0.132. The van der Waals surface area contributed by atoms with E-state index in [4.69, 9.17) is 21.4 Å². The molecule has 0 fully saturated rings. The first kappa shape index (κ1) is 17.9. The van der Waals surface area contributed by atoms with E-state index in [0.29, 0.717) is 28.7 Å². The SMILES string of the molecule is Cc1cc(CC#N)cn(Cc2nc(CCc3ccc(Cl)cc3)no2)c1=O. The molecule has 0 amide bonds. The highest BCUT2D eigenvalue weighted by molar-refractivity contribution is 6.30. The van der Waals surface area contributed by atoms with Crippen LogP contribution in [0.5, 0.6) is 0 Å². The van der Waals surface area contributed by atoms with Crippen LogP contribution in [0.3, 0.4) is 0 Å². The average molecular weight is 369 g/mol. The molecule has 0 saturated heterocycles. The lowest BCUT2D eigenvalue weighted by Gasteiger charge is -2.06. The number of hydrogen-bond donors (Lipinski definition) is 0. The number of benzene rings is 1. The highest BCUT2D eigenvalue weighted by Crippen LogP contribution is 2.12. The van der Waals surface area contributed by atoms with E-state index in [1.807, 2.05) is 24.3 Å². The molecule has 0 unspecified atom stereocenters. The largest absolute Gasteiger partial charge is 0.337 e. The zero-order valence-corrected chi connectivity index (χ0v) is 15.0. The molecule has 0 radical (unpaired) electrons. The van der Waals surface area contributed by atoms with Crippen molar-refractivity contribution in [1.82, 2.24) is 14.7 Å². The van der Waals surface area contributed by atoms with Crippen LogP contribution >= 0.6 is 11.6 Å². The third-order valence-electron chi connectivity index (χ3n) is 3.97. The molecule has 2 heterocycles. The van der Waals surface area contributed by atoms with Crippen LogP contribution in [0.25, 0.3) is 0 Å². The van der Waals surface area contributed by atoms with Gasteiger partial charge in [-0.15, -0.1) is 0 Å². The maximum Gasteiger partial charge on any atom is 0.253 e. The molecule has 0 bridgehead atoms. The summed E-state index contributed by atoms with van der Waals surface area (Å²) in [6.45, 7) is 1.91. The maximum atomic E-state index is 12.3. The molecule has 3 rings (SSSR count). The van der Waals surface area contributed by atoms with Gasteiger partial charge in [-0.3, -0.25) is 4.79 Å². The van der Waals surface area contributed by atoms with E-state index in [1.165, 1.54) is 4.57 Å². The van der Waals surface area contributed by atoms with Crippen LogP contribution in [0, 0.1) is 18.3 Å². The molecule has 1 aromatic carbocycles. The van der Waals surface area contributed by atoms with E-state index in [0.717, 1.165) is 17.5 Å². The third kappa shape index (κ3) is 4.38. The first-order valence-electron chi connectivity index (χ1n) is 8.18. The Labute approximate surface area is 155 Å².